The summed E-state index contributed by atoms with van der Waals surface area (Å²) in [5.41, 5.74) is 0. The average Bonchev–Trinajstić information content (AvgIpc) is 1.63. The van der Waals surface area contributed by atoms with Crippen molar-refractivity contribution >= 4 is 6.04 Å². The lowest BCUT2D eigenvalue weighted by Gasteiger charge is -2.03. The zero-order valence-corrected chi connectivity index (χ0v) is 5.98. The van der Waals surface area contributed by atoms with Gasteiger partial charge in [0.15, 0.2) is 0 Å². The maximum absolute atomic E-state index is 11.6. The van der Waals surface area contributed by atoms with Crippen LogP contribution >= 0.6 is 0 Å². The first-order chi connectivity index (χ1) is 4.16. The van der Waals surface area contributed by atoms with Gasteiger partial charge in [-0.1, -0.05) is 26.7 Å². The van der Waals surface area contributed by atoms with E-state index in [4.69, 9.17) is 0 Å². The number of rotatable bonds is 4. The Bertz CT molecular complexity index is 90.9. The van der Waals surface area contributed by atoms with E-state index in [0.717, 1.165) is 12.8 Å². The van der Waals surface area contributed by atoms with E-state index in [9.17, 15) is 9.18 Å². The van der Waals surface area contributed by atoms with Crippen LogP contribution in [0.1, 0.15) is 33.1 Å². The van der Waals surface area contributed by atoms with Crippen molar-refractivity contribution in [3.63, 3.8) is 0 Å². The van der Waals surface area contributed by atoms with Crippen LogP contribution < -0.4 is 0 Å². The van der Waals surface area contributed by atoms with Crippen molar-refractivity contribution < 1.29 is 9.18 Å². The van der Waals surface area contributed by atoms with Gasteiger partial charge in [0.25, 0.3) is 0 Å². The lowest BCUT2D eigenvalue weighted by atomic mass is 10.0. The van der Waals surface area contributed by atoms with Gasteiger partial charge in [0.1, 0.15) is 0 Å². The SMILES string of the molecule is CCCC(C)CC(=O)F. The summed E-state index contributed by atoms with van der Waals surface area (Å²) in [5, 5.41) is 0. The molecule has 54 valence electrons. The molecule has 0 radical (unpaired) electrons. The molecular formula is C7H13FO. The molecule has 1 unspecified atom stereocenters. The highest BCUT2D eigenvalue weighted by Gasteiger charge is 2.05. The van der Waals surface area contributed by atoms with Crippen LogP contribution in [-0.2, 0) is 4.79 Å². The molecule has 0 saturated heterocycles. The molecule has 2 heteroatoms. The molecule has 0 amide bonds. The molecule has 0 N–H and O–H groups in total. The van der Waals surface area contributed by atoms with Gasteiger partial charge < -0.3 is 0 Å². The van der Waals surface area contributed by atoms with Crippen LogP contribution in [0.3, 0.4) is 0 Å². The first-order valence-electron chi connectivity index (χ1n) is 3.35. The highest BCUT2D eigenvalue weighted by molar-refractivity contribution is 5.67. The molecule has 0 aromatic rings. The van der Waals surface area contributed by atoms with Gasteiger partial charge in [-0.2, -0.15) is 4.39 Å². The summed E-state index contributed by atoms with van der Waals surface area (Å²) in [5.74, 6) is 0.215. The van der Waals surface area contributed by atoms with Crippen molar-refractivity contribution in [2.75, 3.05) is 0 Å². The van der Waals surface area contributed by atoms with Crippen LogP contribution in [0.2, 0.25) is 0 Å². The van der Waals surface area contributed by atoms with E-state index in [0.29, 0.717) is 0 Å². The van der Waals surface area contributed by atoms with Crippen LogP contribution in [0.5, 0.6) is 0 Å². The summed E-state index contributed by atoms with van der Waals surface area (Å²) >= 11 is 0. The predicted octanol–water partition coefficient (Wildman–Crippen LogP) is 2.31. The molecular weight excluding hydrogens is 119 g/mol. The summed E-state index contributed by atoms with van der Waals surface area (Å²) in [4.78, 5) is 9.86. The summed E-state index contributed by atoms with van der Waals surface area (Å²) < 4.78 is 11.6. The number of carbonyl (C=O) groups is 1. The summed E-state index contributed by atoms with van der Waals surface area (Å²) in [7, 11) is 0. The minimum atomic E-state index is -1.18. The van der Waals surface area contributed by atoms with Crippen LogP contribution in [-0.4, -0.2) is 6.04 Å². The molecule has 0 rings (SSSR count). The zero-order valence-electron chi connectivity index (χ0n) is 5.98. The second-order valence-electron chi connectivity index (χ2n) is 2.45. The van der Waals surface area contributed by atoms with E-state index in [1.54, 1.807) is 0 Å². The summed E-state index contributed by atoms with van der Waals surface area (Å²) in [6, 6.07) is -1.18. The Kier molecular flexibility index (Phi) is 4.28. The molecule has 1 nitrogen and oxygen atoms in total. The van der Waals surface area contributed by atoms with Crippen molar-refractivity contribution in [3.05, 3.63) is 0 Å². The van der Waals surface area contributed by atoms with Crippen molar-refractivity contribution in [3.8, 4) is 0 Å². The topological polar surface area (TPSA) is 17.1 Å². The van der Waals surface area contributed by atoms with Crippen molar-refractivity contribution in [1.82, 2.24) is 0 Å². The summed E-state index contributed by atoms with van der Waals surface area (Å²) in [6.45, 7) is 3.92. The number of hydrogen-bond donors (Lipinski definition) is 0. The Hall–Kier alpha value is -0.400. The van der Waals surface area contributed by atoms with Crippen molar-refractivity contribution in [1.29, 1.82) is 0 Å². The normalized spacial score (nSPS) is 13.2. The highest BCUT2D eigenvalue weighted by atomic mass is 19.1. The van der Waals surface area contributed by atoms with Gasteiger partial charge in [0, 0.05) is 6.42 Å². The minimum absolute atomic E-state index is 0.0911. The van der Waals surface area contributed by atoms with Crippen molar-refractivity contribution in [2.45, 2.75) is 33.1 Å². The Labute approximate surface area is 55.3 Å². The first kappa shape index (κ1) is 8.60. The quantitative estimate of drug-likeness (QED) is 0.536. The number of carbonyl (C=O) groups excluding carboxylic acids is 1. The highest BCUT2D eigenvalue weighted by Crippen LogP contribution is 2.09. The zero-order chi connectivity index (χ0) is 7.28. The van der Waals surface area contributed by atoms with E-state index >= 15 is 0 Å². The second kappa shape index (κ2) is 4.48. The fraction of sp³-hybridized carbons (Fsp3) is 0.857. The van der Waals surface area contributed by atoms with Gasteiger partial charge in [0.2, 0.25) is 0 Å². The van der Waals surface area contributed by atoms with E-state index in [1.807, 2.05) is 13.8 Å². The molecule has 0 bridgehead atoms. The molecule has 0 aromatic heterocycles. The molecule has 0 aliphatic rings. The average molecular weight is 132 g/mol. The van der Waals surface area contributed by atoms with E-state index in [-0.39, 0.29) is 12.3 Å². The second-order valence-corrected chi connectivity index (χ2v) is 2.45. The summed E-state index contributed by atoms with van der Waals surface area (Å²) in [6.07, 6.45) is 2.05. The molecule has 0 spiro atoms. The van der Waals surface area contributed by atoms with Gasteiger partial charge >= 0.3 is 6.04 Å². The monoisotopic (exact) mass is 132 g/mol. The largest absolute Gasteiger partial charge is 0.301 e. The molecule has 0 aromatic carbocycles. The Balaban J connectivity index is 3.26. The van der Waals surface area contributed by atoms with Gasteiger partial charge in [0.05, 0.1) is 0 Å². The molecule has 0 fully saturated rings. The van der Waals surface area contributed by atoms with Crippen LogP contribution in [0.25, 0.3) is 0 Å². The van der Waals surface area contributed by atoms with Gasteiger partial charge in [-0.3, -0.25) is 4.79 Å². The van der Waals surface area contributed by atoms with Crippen molar-refractivity contribution in [2.24, 2.45) is 5.92 Å². The van der Waals surface area contributed by atoms with Crippen LogP contribution in [0, 0.1) is 5.92 Å². The van der Waals surface area contributed by atoms with E-state index < -0.39 is 6.04 Å². The van der Waals surface area contributed by atoms with E-state index in [2.05, 4.69) is 0 Å². The number of hydrogen-bond acceptors (Lipinski definition) is 1. The minimum Gasteiger partial charge on any atom is -0.261 e. The van der Waals surface area contributed by atoms with Gasteiger partial charge in [-0.15, -0.1) is 0 Å². The van der Waals surface area contributed by atoms with Gasteiger partial charge in [-0.25, -0.2) is 0 Å². The Morgan fingerprint density at radius 2 is 2.22 bits per heavy atom. The smallest absolute Gasteiger partial charge is 0.261 e. The third-order valence-electron chi connectivity index (χ3n) is 1.29. The lowest BCUT2D eigenvalue weighted by molar-refractivity contribution is -0.130. The molecule has 0 heterocycles. The first-order valence-corrected chi connectivity index (χ1v) is 3.35. The third kappa shape index (κ3) is 5.47. The van der Waals surface area contributed by atoms with Crippen LogP contribution in [0.15, 0.2) is 0 Å². The molecule has 1 atom stereocenters. The molecule has 0 aliphatic carbocycles. The number of halogens is 1. The third-order valence-corrected chi connectivity index (χ3v) is 1.29. The van der Waals surface area contributed by atoms with Gasteiger partial charge in [-0.05, 0) is 5.92 Å². The Morgan fingerprint density at radius 1 is 1.67 bits per heavy atom. The maximum Gasteiger partial charge on any atom is 0.301 e. The maximum atomic E-state index is 11.6. The standard InChI is InChI=1S/C7H13FO/c1-3-4-6(2)5-7(8)9/h6H,3-5H2,1-2H3. The Morgan fingerprint density at radius 3 is 2.56 bits per heavy atom. The molecule has 0 aliphatic heterocycles. The predicted molar refractivity (Wildman–Crippen MR) is 34.8 cm³/mol. The van der Waals surface area contributed by atoms with Crippen LogP contribution in [0.4, 0.5) is 4.39 Å². The fourth-order valence-corrected chi connectivity index (χ4v) is 0.869. The lowest BCUT2D eigenvalue weighted by Crippen LogP contribution is -1.99. The van der Waals surface area contributed by atoms with E-state index in [1.165, 1.54) is 0 Å². The fourth-order valence-electron chi connectivity index (χ4n) is 0.869. The molecule has 0 saturated carbocycles. The molecule has 9 heavy (non-hydrogen) atoms.